The van der Waals surface area contributed by atoms with E-state index in [1.807, 2.05) is 0 Å². The average molecular weight is 310 g/mol. The maximum atomic E-state index is 7.74. The normalized spacial score (nSPS) is 3.33. The van der Waals surface area contributed by atoms with Crippen molar-refractivity contribution in [3.63, 3.8) is 0 Å². The molecule has 0 bridgehead atoms. The van der Waals surface area contributed by atoms with Gasteiger partial charge in [0.1, 0.15) is 0 Å². The van der Waals surface area contributed by atoms with Gasteiger partial charge in [-0.25, -0.2) is 0 Å². The van der Waals surface area contributed by atoms with Crippen molar-refractivity contribution in [2.45, 2.75) is 0 Å². The van der Waals surface area contributed by atoms with E-state index < -0.39 is 14.6 Å². The molecule has 0 aliphatic carbocycles. The van der Waals surface area contributed by atoms with Crippen molar-refractivity contribution in [2.75, 3.05) is 0 Å². The average Bonchev–Trinajstić information content (AvgIpc) is 1.27. The number of rotatable bonds is 2. The number of hydrogen-bond donors (Lipinski definition) is 4. The van der Waals surface area contributed by atoms with E-state index in [1.54, 1.807) is 0 Å². The fourth-order valence-electron chi connectivity index (χ4n) is 0.109. The van der Waals surface area contributed by atoms with Crippen molar-refractivity contribution >= 4 is 14.6 Å². The molecule has 0 amide bonds. The van der Waals surface area contributed by atoms with Gasteiger partial charge in [0.2, 0.25) is 0 Å². The molecule has 15 nitrogen and oxygen atoms in total. The maximum absolute atomic E-state index is 7.74. The van der Waals surface area contributed by atoms with E-state index in [-0.39, 0.29) is 85.7 Å². The molecule has 0 rings (SSSR count). The van der Waals surface area contributed by atoms with Crippen LogP contribution in [0.25, 0.3) is 0 Å². The third-order valence-corrected chi connectivity index (χ3v) is 0.243. The molecule has 0 aliphatic rings. The van der Waals surface area contributed by atoms with Gasteiger partial charge in [-0.3, -0.25) is 0 Å². The zero-order chi connectivity index (χ0) is 5.86. The van der Waals surface area contributed by atoms with E-state index >= 15 is 0 Å². The van der Waals surface area contributed by atoms with Gasteiger partial charge in [0.15, 0.2) is 0 Å². The first-order valence-corrected chi connectivity index (χ1v) is 1.50. The zero-order valence-electron chi connectivity index (χ0n) is 10.4. The summed E-state index contributed by atoms with van der Waals surface area (Å²) in [6.45, 7) is 0. The summed E-state index contributed by atoms with van der Waals surface area (Å²) < 4.78 is 3.47. The summed E-state index contributed by atoms with van der Waals surface area (Å²) in [5.74, 6) is 0. The fourth-order valence-corrected chi connectivity index (χ4v) is 0.109. The Bertz CT molecular complexity index is 49.4. The summed E-state index contributed by atoms with van der Waals surface area (Å²) in [5, 5.41) is 30.9. The summed E-state index contributed by atoms with van der Waals surface area (Å²) >= 11 is 0. The fraction of sp³-hybridized carbons (Fsp3) is 0. The smallest absolute Gasteiger partial charge is 1.00 e. The van der Waals surface area contributed by atoms with Crippen LogP contribution in [0.15, 0.2) is 0 Å². The van der Waals surface area contributed by atoms with E-state index in [9.17, 15) is 0 Å². The van der Waals surface area contributed by atoms with Crippen molar-refractivity contribution in [3.8, 4) is 0 Å². The summed E-state index contributed by atoms with van der Waals surface area (Å²) in [7, 11) is -4.25. The first-order chi connectivity index (χ1) is 3.13. The quantitative estimate of drug-likeness (QED) is 0.359. The molecule has 0 radical (unpaired) electrons. The van der Waals surface area contributed by atoms with Gasteiger partial charge in [0.05, 0.1) is 0 Å². The second kappa shape index (κ2) is 84.5. The summed E-state index contributed by atoms with van der Waals surface area (Å²) in [4.78, 5) is 0. The molecule has 24 N–H and O–H groups in total. The van der Waals surface area contributed by atoms with Gasteiger partial charge in [-0.1, -0.05) is 0 Å². The molecule has 0 fully saturated rings. The molecule has 0 aromatic carbocycles. The second-order valence-electron chi connectivity index (χ2n) is 0.789. The molecule has 0 aromatic heterocycles. The van der Waals surface area contributed by atoms with Crippen LogP contribution >= 0.6 is 0 Å². The van der Waals surface area contributed by atoms with E-state index in [2.05, 4.69) is 4.57 Å². The van der Waals surface area contributed by atoms with Gasteiger partial charge in [0.25, 0.3) is 0 Å². The predicted octanol–water partition coefficient (Wildman–Crippen LogP) is -14.2. The van der Waals surface area contributed by atoms with Crippen LogP contribution in [0.2, 0.25) is 0 Å². The van der Waals surface area contributed by atoms with E-state index in [4.69, 9.17) is 20.1 Å². The van der Waals surface area contributed by atoms with Gasteiger partial charge >= 0.3 is 44.2 Å². The first kappa shape index (κ1) is 134. The van der Waals surface area contributed by atoms with Crippen LogP contribution < -0.4 is 29.6 Å². The van der Waals surface area contributed by atoms with Gasteiger partial charge in [0, 0.05) is 0 Å². The minimum Gasteiger partial charge on any atom is -1.00 e. The van der Waals surface area contributed by atoms with Crippen LogP contribution in [-0.2, 0) is 4.57 Å². The molecule has 0 spiro atoms. The van der Waals surface area contributed by atoms with E-state index in [1.165, 1.54) is 0 Å². The van der Waals surface area contributed by atoms with Crippen LogP contribution in [0.5, 0.6) is 0 Å². The minimum absolute atomic E-state index is 0. The third-order valence-electron chi connectivity index (χ3n) is 0.243. The summed E-state index contributed by atoms with van der Waals surface area (Å²) in [6, 6.07) is 0. The number of hydrogen-bond acceptors (Lipinski definition) is 5. The topological polar surface area (TPSA) is 405 Å². The third kappa shape index (κ3) is 194. The molecule has 0 saturated heterocycles. The van der Waals surface area contributed by atoms with Crippen LogP contribution in [0.3, 0.4) is 0 Å². The van der Waals surface area contributed by atoms with Crippen LogP contribution in [0.1, 0.15) is 1.43 Å². The molecule has 18 heteroatoms. The molecular weight excluding hydrogens is 285 g/mol. The molecule has 0 aromatic rings. The summed E-state index contributed by atoms with van der Waals surface area (Å²) in [5.41, 5.74) is 0. The standard InChI is InChI=1S/B2H4O5.Na.10H2O.H/c3-1(4)7-2(5)6;;;;;;;;;;;;/h3-6H;;10*1H2;/q;+1;;;;;;;;;;;-1. The van der Waals surface area contributed by atoms with Crippen LogP contribution in [-0.4, -0.2) is 89.5 Å². The van der Waals surface area contributed by atoms with Crippen molar-refractivity contribution in [3.05, 3.63) is 0 Å². The predicted molar refractivity (Wildman–Crippen MR) is 58.7 cm³/mol. The zero-order valence-corrected chi connectivity index (χ0v) is 11.4. The Morgan fingerprint density at radius 3 is 0.611 bits per heavy atom. The summed E-state index contributed by atoms with van der Waals surface area (Å²) in [6.07, 6.45) is 0. The Morgan fingerprint density at radius 1 is 0.500 bits per heavy atom. The molecule has 0 saturated carbocycles. The minimum atomic E-state index is -2.13. The van der Waals surface area contributed by atoms with E-state index in [0.717, 1.165) is 0 Å². The molecule has 0 aliphatic heterocycles. The Kier molecular flexibility index (Phi) is 627. The molecule has 0 heterocycles. The van der Waals surface area contributed by atoms with Gasteiger partial charge in [-0.05, 0) is 0 Å². The van der Waals surface area contributed by atoms with Crippen LogP contribution in [0, 0.1) is 0 Å². The van der Waals surface area contributed by atoms with Gasteiger partial charge < -0.3 is 80.9 Å². The molecule has 18 heavy (non-hydrogen) atoms. The Labute approximate surface area is 125 Å². The van der Waals surface area contributed by atoms with Crippen molar-refractivity contribution in [1.82, 2.24) is 0 Å². The Hall–Kier alpha value is 0.530. The van der Waals surface area contributed by atoms with Crippen LogP contribution in [0.4, 0.5) is 0 Å². The monoisotopic (exact) mass is 310 g/mol. The molecule has 0 atom stereocenters. The molecular formula is H25B2NaO15. The van der Waals surface area contributed by atoms with Crippen molar-refractivity contribution in [2.24, 2.45) is 0 Å². The SMILES string of the molecule is O.O.O.O.O.O.O.O.O.O.OB(O)OB(O)O.[H-].[Na+]. The maximum Gasteiger partial charge on any atom is 1.00 e. The van der Waals surface area contributed by atoms with Crippen molar-refractivity contribution < 1.29 is 110 Å². The Morgan fingerprint density at radius 2 is 0.611 bits per heavy atom. The largest absolute Gasteiger partial charge is 1.00 e. The van der Waals surface area contributed by atoms with Gasteiger partial charge in [-0.2, -0.15) is 0 Å². The molecule has 122 valence electrons. The first-order valence-electron chi connectivity index (χ1n) is 1.50. The van der Waals surface area contributed by atoms with Crippen molar-refractivity contribution in [1.29, 1.82) is 0 Å². The van der Waals surface area contributed by atoms with E-state index in [0.29, 0.717) is 0 Å². The second-order valence-corrected chi connectivity index (χ2v) is 0.789. The molecule has 0 unspecified atom stereocenters. The Balaban J connectivity index is -0.00000000273. The van der Waals surface area contributed by atoms with Gasteiger partial charge in [-0.15, -0.1) is 0 Å².